The van der Waals surface area contributed by atoms with Gasteiger partial charge in [0.1, 0.15) is 18.2 Å². The zero-order valence-electron chi connectivity index (χ0n) is 9.16. The van der Waals surface area contributed by atoms with Crippen molar-refractivity contribution >= 4 is 12.6 Å². The molecule has 0 saturated heterocycles. The first kappa shape index (κ1) is 12.8. The van der Waals surface area contributed by atoms with Crippen LogP contribution in [0.15, 0.2) is 41.3 Å². The Morgan fingerprint density at radius 3 is 2.44 bits per heavy atom. The van der Waals surface area contributed by atoms with E-state index in [2.05, 4.69) is 12.6 Å². The van der Waals surface area contributed by atoms with Crippen LogP contribution in [0.4, 0.5) is 13.2 Å². The molecule has 0 bridgehead atoms. The fourth-order valence-electron chi connectivity index (χ4n) is 1.39. The fourth-order valence-corrected chi connectivity index (χ4v) is 1.60. The summed E-state index contributed by atoms with van der Waals surface area (Å²) in [6.45, 7) is 0.00815. The van der Waals surface area contributed by atoms with Gasteiger partial charge >= 0.3 is 0 Å². The molecule has 2 rings (SSSR count). The lowest BCUT2D eigenvalue weighted by Gasteiger charge is -2.08. The second-order valence-electron chi connectivity index (χ2n) is 3.65. The van der Waals surface area contributed by atoms with Gasteiger partial charge in [0.15, 0.2) is 11.6 Å². The van der Waals surface area contributed by atoms with E-state index < -0.39 is 17.5 Å². The van der Waals surface area contributed by atoms with Crippen LogP contribution in [0.2, 0.25) is 0 Å². The Hall–Kier alpha value is -1.62. The van der Waals surface area contributed by atoms with E-state index in [0.29, 0.717) is 10.5 Å². The Morgan fingerprint density at radius 2 is 1.72 bits per heavy atom. The van der Waals surface area contributed by atoms with E-state index in [1.807, 2.05) is 0 Å². The van der Waals surface area contributed by atoms with E-state index >= 15 is 0 Å². The third-order valence-corrected chi connectivity index (χ3v) is 2.67. The molecule has 5 heteroatoms. The van der Waals surface area contributed by atoms with Crippen molar-refractivity contribution in [2.75, 3.05) is 0 Å². The van der Waals surface area contributed by atoms with Crippen molar-refractivity contribution in [3.63, 3.8) is 0 Å². The van der Waals surface area contributed by atoms with Gasteiger partial charge in [-0.05, 0) is 29.8 Å². The van der Waals surface area contributed by atoms with Crippen molar-refractivity contribution < 1.29 is 17.9 Å². The van der Waals surface area contributed by atoms with E-state index in [9.17, 15) is 13.2 Å². The first-order chi connectivity index (χ1) is 8.56. The van der Waals surface area contributed by atoms with Crippen LogP contribution in [-0.4, -0.2) is 0 Å². The van der Waals surface area contributed by atoms with Gasteiger partial charge < -0.3 is 4.74 Å². The summed E-state index contributed by atoms with van der Waals surface area (Å²) in [7, 11) is 0. The number of rotatable bonds is 3. The summed E-state index contributed by atoms with van der Waals surface area (Å²) in [5, 5.41) is 0. The van der Waals surface area contributed by atoms with Crippen molar-refractivity contribution in [2.45, 2.75) is 11.5 Å². The Labute approximate surface area is 108 Å². The summed E-state index contributed by atoms with van der Waals surface area (Å²) in [6, 6.07) is 7.35. The summed E-state index contributed by atoms with van der Waals surface area (Å²) in [5.74, 6) is -2.06. The molecule has 0 radical (unpaired) electrons. The summed E-state index contributed by atoms with van der Waals surface area (Å²) < 4.78 is 43.9. The van der Waals surface area contributed by atoms with E-state index in [1.165, 1.54) is 24.3 Å². The zero-order valence-corrected chi connectivity index (χ0v) is 10.1. The molecule has 0 aliphatic carbocycles. The minimum Gasteiger partial charge on any atom is -0.488 e. The predicted octanol–water partition coefficient (Wildman–Crippen LogP) is 3.97. The Balaban J connectivity index is 2.11. The Morgan fingerprint density at radius 1 is 0.944 bits per heavy atom. The average molecular weight is 270 g/mol. The maximum absolute atomic E-state index is 13.0. The van der Waals surface area contributed by atoms with Gasteiger partial charge in [0.05, 0.1) is 0 Å². The van der Waals surface area contributed by atoms with Gasteiger partial charge in [-0.3, -0.25) is 0 Å². The molecule has 1 nitrogen and oxygen atoms in total. The van der Waals surface area contributed by atoms with Crippen molar-refractivity contribution in [3.8, 4) is 5.75 Å². The lowest BCUT2D eigenvalue weighted by Crippen LogP contribution is -1.98. The lowest BCUT2D eigenvalue weighted by atomic mass is 10.2. The number of benzene rings is 2. The van der Waals surface area contributed by atoms with Crippen molar-refractivity contribution in [1.29, 1.82) is 0 Å². The van der Waals surface area contributed by atoms with Gasteiger partial charge in [-0.25, -0.2) is 13.2 Å². The highest BCUT2D eigenvalue weighted by Gasteiger charge is 2.05. The van der Waals surface area contributed by atoms with Crippen LogP contribution >= 0.6 is 12.6 Å². The molecule has 0 spiro atoms. The third kappa shape index (κ3) is 2.98. The van der Waals surface area contributed by atoms with Crippen LogP contribution in [0.1, 0.15) is 5.56 Å². The average Bonchev–Trinajstić information content (AvgIpc) is 2.34. The summed E-state index contributed by atoms with van der Waals surface area (Å²) in [6.07, 6.45) is 0. The maximum Gasteiger partial charge on any atom is 0.159 e. The van der Waals surface area contributed by atoms with Gasteiger partial charge in [0, 0.05) is 11.0 Å². The summed E-state index contributed by atoms with van der Waals surface area (Å²) >= 11 is 4.10. The predicted molar refractivity (Wildman–Crippen MR) is 64.3 cm³/mol. The van der Waals surface area contributed by atoms with Crippen LogP contribution in [0.5, 0.6) is 5.75 Å². The molecule has 0 fully saturated rings. The third-order valence-electron chi connectivity index (χ3n) is 2.30. The topological polar surface area (TPSA) is 9.23 Å². The molecule has 0 heterocycles. The lowest BCUT2D eigenvalue weighted by molar-refractivity contribution is 0.296. The van der Waals surface area contributed by atoms with Crippen LogP contribution in [0.25, 0.3) is 0 Å². The Bertz CT molecular complexity index is 572. The quantitative estimate of drug-likeness (QED) is 0.830. The molecule has 0 amide bonds. The highest BCUT2D eigenvalue weighted by atomic mass is 32.1. The molecule has 0 aliphatic rings. The highest BCUT2D eigenvalue weighted by molar-refractivity contribution is 7.80. The van der Waals surface area contributed by atoms with Gasteiger partial charge in [0.2, 0.25) is 0 Å². The summed E-state index contributed by atoms with van der Waals surface area (Å²) in [4.78, 5) is 0.471. The second-order valence-corrected chi connectivity index (χ2v) is 4.13. The van der Waals surface area contributed by atoms with Crippen molar-refractivity contribution in [2.24, 2.45) is 0 Å². The maximum atomic E-state index is 13.0. The van der Waals surface area contributed by atoms with E-state index in [1.54, 1.807) is 0 Å². The minimum absolute atomic E-state index is 0.00815. The standard InChI is InChI=1S/C13H9F3OS/c14-9-2-4-13(18)12(6-9)17-7-8-1-3-10(15)11(16)5-8/h1-6,18H,7H2. The molecule has 2 aromatic carbocycles. The molecule has 0 atom stereocenters. The van der Waals surface area contributed by atoms with Gasteiger partial charge in [0.25, 0.3) is 0 Å². The smallest absolute Gasteiger partial charge is 0.159 e. The first-order valence-electron chi connectivity index (χ1n) is 5.11. The van der Waals surface area contributed by atoms with E-state index in [-0.39, 0.29) is 12.4 Å². The number of ether oxygens (including phenoxy) is 1. The zero-order chi connectivity index (χ0) is 13.1. The van der Waals surface area contributed by atoms with Crippen molar-refractivity contribution in [3.05, 3.63) is 59.4 Å². The molecule has 0 unspecified atom stereocenters. The molecule has 94 valence electrons. The minimum atomic E-state index is -0.943. The normalized spacial score (nSPS) is 10.4. The van der Waals surface area contributed by atoms with E-state index in [4.69, 9.17) is 4.74 Å². The number of halogens is 3. The Kier molecular flexibility index (Phi) is 3.81. The van der Waals surface area contributed by atoms with Crippen LogP contribution in [0, 0.1) is 17.5 Å². The molecular weight excluding hydrogens is 261 g/mol. The van der Waals surface area contributed by atoms with Gasteiger partial charge in [-0.2, -0.15) is 0 Å². The molecule has 0 saturated carbocycles. The molecule has 0 aromatic heterocycles. The molecule has 0 aliphatic heterocycles. The SMILES string of the molecule is Fc1ccc(S)c(OCc2ccc(F)c(F)c2)c1. The van der Waals surface area contributed by atoms with Crippen LogP contribution < -0.4 is 4.74 Å². The van der Waals surface area contributed by atoms with Crippen LogP contribution in [0.3, 0.4) is 0 Å². The molecule has 0 N–H and O–H groups in total. The molecule has 2 aromatic rings. The highest BCUT2D eigenvalue weighted by Crippen LogP contribution is 2.24. The largest absolute Gasteiger partial charge is 0.488 e. The van der Waals surface area contributed by atoms with Crippen molar-refractivity contribution in [1.82, 2.24) is 0 Å². The van der Waals surface area contributed by atoms with E-state index in [0.717, 1.165) is 12.1 Å². The van der Waals surface area contributed by atoms with Gasteiger partial charge in [-0.1, -0.05) is 6.07 Å². The number of hydrogen-bond acceptors (Lipinski definition) is 2. The monoisotopic (exact) mass is 270 g/mol. The molecular formula is C13H9F3OS. The van der Waals surface area contributed by atoms with Crippen LogP contribution in [-0.2, 0) is 6.61 Å². The summed E-state index contributed by atoms with van der Waals surface area (Å²) in [5.41, 5.74) is 0.450. The molecule has 18 heavy (non-hydrogen) atoms. The first-order valence-corrected chi connectivity index (χ1v) is 5.56. The fraction of sp³-hybridized carbons (Fsp3) is 0.0769. The number of hydrogen-bond donors (Lipinski definition) is 1. The second kappa shape index (κ2) is 5.35. The number of thiol groups is 1. The van der Waals surface area contributed by atoms with Gasteiger partial charge in [-0.15, -0.1) is 12.6 Å².